The van der Waals surface area contributed by atoms with E-state index in [1.807, 2.05) is 0 Å². The minimum atomic E-state index is -1.04. The quantitative estimate of drug-likeness (QED) is 0.443. The minimum absolute atomic E-state index is 0.0446. The van der Waals surface area contributed by atoms with Crippen LogP contribution in [-0.4, -0.2) is 47.3 Å². The van der Waals surface area contributed by atoms with Crippen molar-refractivity contribution in [3.05, 3.63) is 64.6 Å². The number of para-hydroxylation sites is 1. The summed E-state index contributed by atoms with van der Waals surface area (Å²) >= 11 is 5.75. The van der Waals surface area contributed by atoms with E-state index in [1.165, 1.54) is 23.9 Å². The van der Waals surface area contributed by atoms with E-state index in [1.54, 1.807) is 30.3 Å². The largest absolute Gasteiger partial charge is 0.382 e. The van der Waals surface area contributed by atoms with Gasteiger partial charge in [-0.25, -0.2) is 4.39 Å². The zero-order valence-electron chi connectivity index (χ0n) is 17.1. The lowest BCUT2D eigenvalue weighted by Crippen LogP contribution is -2.50. The number of amides is 3. The monoisotopic (exact) mass is 461 g/mol. The smallest absolute Gasteiger partial charge is 0.269 e. The lowest BCUT2D eigenvalue weighted by Gasteiger charge is -2.18. The molecule has 0 aliphatic heterocycles. The normalized spacial score (nSPS) is 11.8. The molecule has 0 bridgehead atoms. The Labute approximate surface area is 187 Å². The van der Waals surface area contributed by atoms with Gasteiger partial charge in [0.05, 0.1) is 17.1 Å². The van der Waals surface area contributed by atoms with Gasteiger partial charge in [0.25, 0.3) is 5.91 Å². The molecule has 3 rings (SSSR count). The van der Waals surface area contributed by atoms with Gasteiger partial charge in [0.2, 0.25) is 11.8 Å². The molecular formula is C21H21ClFN5O4. The van der Waals surface area contributed by atoms with Gasteiger partial charge in [0.1, 0.15) is 18.4 Å². The topological polar surface area (TPSA) is 128 Å². The predicted molar refractivity (Wildman–Crippen MR) is 115 cm³/mol. The Kier molecular flexibility index (Phi) is 7.39. The maximum Gasteiger partial charge on any atom is 0.269 e. The molecule has 0 spiro atoms. The van der Waals surface area contributed by atoms with Crippen molar-refractivity contribution in [1.29, 1.82) is 0 Å². The molecule has 0 saturated carbocycles. The van der Waals surface area contributed by atoms with Gasteiger partial charge in [0.15, 0.2) is 5.69 Å². The number of aromatic nitrogens is 2. The van der Waals surface area contributed by atoms with Gasteiger partial charge in [-0.3, -0.25) is 19.1 Å². The zero-order valence-corrected chi connectivity index (χ0v) is 17.9. The molecule has 168 valence electrons. The van der Waals surface area contributed by atoms with Gasteiger partial charge in [-0.2, -0.15) is 5.10 Å². The van der Waals surface area contributed by atoms with E-state index in [2.05, 4.69) is 15.7 Å². The molecule has 0 fully saturated rings. The van der Waals surface area contributed by atoms with Crippen LogP contribution < -0.4 is 16.4 Å². The van der Waals surface area contributed by atoms with Crippen LogP contribution in [0.25, 0.3) is 10.9 Å². The summed E-state index contributed by atoms with van der Waals surface area (Å²) in [6, 6.07) is 10.3. The highest BCUT2D eigenvalue weighted by Gasteiger charge is 2.22. The number of benzene rings is 2. The molecule has 32 heavy (non-hydrogen) atoms. The molecule has 9 nitrogen and oxygen atoms in total. The average Bonchev–Trinajstić information content (AvgIpc) is 3.13. The number of rotatable bonds is 9. The average molecular weight is 462 g/mol. The van der Waals surface area contributed by atoms with Crippen molar-refractivity contribution in [3.63, 3.8) is 0 Å². The molecule has 0 radical (unpaired) electrons. The molecule has 2 aromatic carbocycles. The Morgan fingerprint density at radius 1 is 1.22 bits per heavy atom. The van der Waals surface area contributed by atoms with E-state index in [0.29, 0.717) is 10.9 Å². The number of fused-ring (bicyclic) bond motifs is 1. The number of halogens is 2. The Morgan fingerprint density at radius 3 is 2.69 bits per heavy atom. The number of hydrogen-bond donors (Lipinski definition) is 3. The maximum absolute atomic E-state index is 14.0. The van der Waals surface area contributed by atoms with Crippen LogP contribution in [0.3, 0.4) is 0 Å². The first-order chi connectivity index (χ1) is 15.3. The van der Waals surface area contributed by atoms with E-state index in [0.717, 1.165) is 0 Å². The first-order valence-electron chi connectivity index (χ1n) is 9.56. The van der Waals surface area contributed by atoms with Crippen molar-refractivity contribution in [3.8, 4) is 0 Å². The SMILES string of the molecule is COC[C@@H](NC(=O)Cn1nc(C(N)=O)c2ccccc21)C(=O)NCc1cccc(Cl)c1F. The summed E-state index contributed by atoms with van der Waals surface area (Å²) in [5, 5.41) is 9.69. The van der Waals surface area contributed by atoms with E-state index in [-0.39, 0.29) is 36.0 Å². The summed E-state index contributed by atoms with van der Waals surface area (Å²) in [5.41, 5.74) is 6.16. The summed E-state index contributed by atoms with van der Waals surface area (Å²) in [6.07, 6.45) is 0. The second kappa shape index (κ2) is 10.2. The van der Waals surface area contributed by atoms with Gasteiger partial charge in [-0.1, -0.05) is 41.9 Å². The first kappa shape index (κ1) is 23.2. The first-order valence-corrected chi connectivity index (χ1v) is 9.93. The van der Waals surface area contributed by atoms with Crippen LogP contribution in [0.2, 0.25) is 5.02 Å². The second-order valence-electron chi connectivity index (χ2n) is 6.89. The number of hydrogen-bond acceptors (Lipinski definition) is 5. The fraction of sp³-hybridized carbons (Fsp3) is 0.238. The van der Waals surface area contributed by atoms with E-state index in [4.69, 9.17) is 22.1 Å². The van der Waals surface area contributed by atoms with Crippen molar-refractivity contribution in [2.24, 2.45) is 5.73 Å². The summed E-state index contributed by atoms with van der Waals surface area (Å²) in [5.74, 6) is -2.45. The van der Waals surface area contributed by atoms with E-state index >= 15 is 0 Å². The number of carbonyl (C=O) groups excluding carboxylic acids is 3. The molecule has 1 heterocycles. The highest BCUT2D eigenvalue weighted by atomic mass is 35.5. The van der Waals surface area contributed by atoms with Gasteiger partial charge in [-0.05, 0) is 12.1 Å². The molecule has 0 unspecified atom stereocenters. The van der Waals surface area contributed by atoms with Gasteiger partial charge < -0.3 is 21.1 Å². The number of nitrogens with one attached hydrogen (secondary N) is 2. The number of carbonyl (C=O) groups is 3. The Bertz CT molecular complexity index is 1170. The molecular weight excluding hydrogens is 441 g/mol. The Hall–Kier alpha value is -3.50. The number of nitrogens with two attached hydrogens (primary N) is 1. The second-order valence-corrected chi connectivity index (χ2v) is 7.30. The van der Waals surface area contributed by atoms with Gasteiger partial charge in [0, 0.05) is 24.6 Å². The maximum atomic E-state index is 14.0. The third-order valence-electron chi connectivity index (χ3n) is 4.65. The van der Waals surface area contributed by atoms with Crippen molar-refractivity contribution in [2.75, 3.05) is 13.7 Å². The Balaban J connectivity index is 1.69. The zero-order chi connectivity index (χ0) is 23.3. The molecule has 3 amide bonds. The third-order valence-corrected chi connectivity index (χ3v) is 4.95. The third kappa shape index (κ3) is 5.21. The molecule has 1 atom stereocenters. The lowest BCUT2D eigenvalue weighted by atomic mass is 10.2. The van der Waals surface area contributed by atoms with Crippen LogP contribution in [0.15, 0.2) is 42.5 Å². The molecule has 0 saturated heterocycles. The van der Waals surface area contributed by atoms with E-state index in [9.17, 15) is 18.8 Å². The fourth-order valence-electron chi connectivity index (χ4n) is 3.15. The van der Waals surface area contributed by atoms with Crippen LogP contribution in [0.4, 0.5) is 4.39 Å². The number of methoxy groups -OCH3 is 1. The summed E-state index contributed by atoms with van der Waals surface area (Å²) < 4.78 is 20.4. The number of primary amides is 1. The lowest BCUT2D eigenvalue weighted by molar-refractivity contribution is -0.130. The van der Waals surface area contributed by atoms with Gasteiger partial charge >= 0.3 is 0 Å². The van der Waals surface area contributed by atoms with Crippen LogP contribution in [0.5, 0.6) is 0 Å². The van der Waals surface area contributed by atoms with Crippen LogP contribution >= 0.6 is 11.6 Å². The van der Waals surface area contributed by atoms with Crippen molar-refractivity contribution in [1.82, 2.24) is 20.4 Å². The molecule has 0 aliphatic carbocycles. The van der Waals surface area contributed by atoms with Crippen molar-refractivity contribution >= 4 is 40.2 Å². The number of nitrogens with zero attached hydrogens (tertiary/aromatic N) is 2. The highest BCUT2D eigenvalue weighted by molar-refractivity contribution is 6.30. The molecule has 1 aromatic heterocycles. The minimum Gasteiger partial charge on any atom is -0.382 e. The fourth-order valence-corrected chi connectivity index (χ4v) is 3.34. The van der Waals surface area contributed by atoms with Crippen molar-refractivity contribution in [2.45, 2.75) is 19.1 Å². The van der Waals surface area contributed by atoms with Crippen molar-refractivity contribution < 1.29 is 23.5 Å². The van der Waals surface area contributed by atoms with Crippen LogP contribution in [-0.2, 0) is 27.4 Å². The number of ether oxygens (including phenoxy) is 1. The van der Waals surface area contributed by atoms with Crippen LogP contribution in [0, 0.1) is 5.82 Å². The highest BCUT2D eigenvalue weighted by Crippen LogP contribution is 2.18. The summed E-state index contributed by atoms with van der Waals surface area (Å²) in [7, 11) is 1.38. The molecule has 11 heteroatoms. The van der Waals surface area contributed by atoms with E-state index < -0.39 is 29.6 Å². The summed E-state index contributed by atoms with van der Waals surface area (Å²) in [4.78, 5) is 36.8. The molecule has 0 aliphatic rings. The molecule has 3 aromatic rings. The summed E-state index contributed by atoms with van der Waals surface area (Å²) in [6.45, 7) is -0.487. The molecule has 4 N–H and O–H groups in total. The predicted octanol–water partition coefficient (Wildman–Crippen LogP) is 1.38. The van der Waals surface area contributed by atoms with Crippen LogP contribution in [0.1, 0.15) is 16.1 Å². The van der Waals surface area contributed by atoms with Gasteiger partial charge in [-0.15, -0.1) is 0 Å². The Morgan fingerprint density at radius 2 is 1.97 bits per heavy atom. The standard InChI is InChI=1S/C21H21ClFN5O4/c1-32-11-15(21(31)25-9-12-5-4-7-14(22)18(12)23)26-17(29)10-28-16-8-3-2-6-13(16)19(27-28)20(24)30/h2-8,15H,9-11H2,1H3,(H2,24,30)(H,25,31)(H,26,29)/t15-/m1/s1.